The van der Waals surface area contributed by atoms with Gasteiger partial charge in [-0.3, -0.25) is 9.78 Å². The van der Waals surface area contributed by atoms with E-state index in [9.17, 15) is 4.79 Å². The molecule has 2 aromatic heterocycles. The van der Waals surface area contributed by atoms with Crippen molar-refractivity contribution in [2.45, 2.75) is 27.4 Å². The Bertz CT molecular complexity index is 1190. The van der Waals surface area contributed by atoms with E-state index in [1.807, 2.05) is 62.4 Å². The Morgan fingerprint density at radius 2 is 1.83 bits per heavy atom. The molecule has 150 valence electrons. The Morgan fingerprint density at radius 1 is 1.03 bits per heavy atom. The molecule has 1 N–H and O–H groups in total. The highest BCUT2D eigenvalue weighted by atomic mass is 16.5. The average Bonchev–Trinajstić information content (AvgIpc) is 3.26. The summed E-state index contributed by atoms with van der Waals surface area (Å²) in [5.41, 5.74) is 5.83. The first-order chi connectivity index (χ1) is 14.5. The van der Waals surface area contributed by atoms with Crippen LogP contribution < -0.4 is 4.74 Å². The molecule has 0 saturated heterocycles. The topological polar surface area (TPSA) is 93.7 Å². The Balaban J connectivity index is 1.69. The first-order valence-electron chi connectivity index (χ1n) is 9.57. The predicted molar refractivity (Wildman–Crippen MR) is 113 cm³/mol. The number of benzene rings is 2. The van der Waals surface area contributed by atoms with Gasteiger partial charge in [0.25, 0.3) is 0 Å². The van der Waals surface area contributed by atoms with Crippen molar-refractivity contribution >= 4 is 5.78 Å². The van der Waals surface area contributed by atoms with Gasteiger partial charge in [-0.25, -0.2) is 0 Å². The maximum Gasteiger partial charge on any atom is 0.205 e. The molecule has 2 aromatic carbocycles. The lowest BCUT2D eigenvalue weighted by atomic mass is 9.97. The number of carbonyl (C=O) groups is 1. The Morgan fingerprint density at radius 3 is 2.53 bits per heavy atom. The number of aryl methyl sites for hydroxylation is 2. The summed E-state index contributed by atoms with van der Waals surface area (Å²) >= 11 is 0. The van der Waals surface area contributed by atoms with Gasteiger partial charge in [0, 0.05) is 17.3 Å². The average molecular weight is 399 g/mol. The van der Waals surface area contributed by atoms with Gasteiger partial charge in [0.2, 0.25) is 5.82 Å². The molecule has 0 aliphatic heterocycles. The standard InChI is InChI=1S/C23H21N5O2/c1-14-11-21(22(16(3)29)15(2)24-14)30-13-17-9-10-19(18-7-5-4-6-8-18)20(12-17)23-25-27-28-26-23/h4-12H,13H2,1-3H3,(H,25,26,27,28). The molecule has 0 spiro atoms. The van der Waals surface area contributed by atoms with Crippen LogP contribution in [-0.4, -0.2) is 31.4 Å². The molecule has 0 amide bonds. The second kappa shape index (κ2) is 8.24. The number of aromatic amines is 1. The first kappa shape index (κ1) is 19.4. The van der Waals surface area contributed by atoms with Crippen LogP contribution in [0.1, 0.15) is 34.2 Å². The molecular formula is C23H21N5O2. The summed E-state index contributed by atoms with van der Waals surface area (Å²) in [5, 5.41) is 14.5. The number of carbonyl (C=O) groups excluding carboxylic acids is 1. The lowest BCUT2D eigenvalue weighted by Gasteiger charge is -2.14. The minimum Gasteiger partial charge on any atom is -0.488 e. The summed E-state index contributed by atoms with van der Waals surface area (Å²) in [6.07, 6.45) is 0. The zero-order chi connectivity index (χ0) is 21.1. The number of nitrogens with one attached hydrogen (secondary N) is 1. The molecule has 2 heterocycles. The number of Topliss-reactive ketones (excluding diaryl/α,β-unsaturated/α-hetero) is 1. The molecule has 0 atom stereocenters. The third-order valence-electron chi connectivity index (χ3n) is 4.79. The molecule has 0 bridgehead atoms. The van der Waals surface area contributed by atoms with Gasteiger partial charge in [-0.05, 0) is 48.7 Å². The third kappa shape index (κ3) is 3.96. The Kier molecular flexibility index (Phi) is 5.34. The highest BCUT2D eigenvalue weighted by Crippen LogP contribution is 2.31. The SMILES string of the molecule is CC(=O)c1c(OCc2ccc(-c3ccccc3)c(-c3nn[nH]n3)c2)cc(C)nc1C. The number of ether oxygens (including phenoxy) is 1. The maximum absolute atomic E-state index is 12.1. The van der Waals surface area contributed by atoms with Crippen LogP contribution in [0.15, 0.2) is 54.6 Å². The molecule has 7 nitrogen and oxygen atoms in total. The van der Waals surface area contributed by atoms with E-state index in [4.69, 9.17) is 4.74 Å². The molecule has 0 aliphatic carbocycles. The summed E-state index contributed by atoms with van der Waals surface area (Å²) in [6.45, 7) is 5.52. The molecule has 0 unspecified atom stereocenters. The van der Waals surface area contributed by atoms with E-state index in [1.165, 1.54) is 6.92 Å². The third-order valence-corrected chi connectivity index (χ3v) is 4.79. The van der Waals surface area contributed by atoms with Crippen LogP contribution in [0, 0.1) is 13.8 Å². The van der Waals surface area contributed by atoms with Crippen molar-refractivity contribution in [1.82, 2.24) is 25.6 Å². The van der Waals surface area contributed by atoms with E-state index in [1.54, 1.807) is 6.07 Å². The van der Waals surface area contributed by atoms with Gasteiger partial charge < -0.3 is 4.74 Å². The molecule has 4 aromatic rings. The molecule has 0 fully saturated rings. The minimum atomic E-state index is -0.0677. The molecular weight excluding hydrogens is 378 g/mol. The monoisotopic (exact) mass is 399 g/mol. The van der Waals surface area contributed by atoms with E-state index in [2.05, 4.69) is 25.6 Å². The molecule has 0 radical (unpaired) electrons. The summed E-state index contributed by atoms with van der Waals surface area (Å²) < 4.78 is 6.04. The fraction of sp³-hybridized carbons (Fsp3) is 0.174. The lowest BCUT2D eigenvalue weighted by Crippen LogP contribution is -2.06. The smallest absolute Gasteiger partial charge is 0.205 e. The van der Waals surface area contributed by atoms with Crippen molar-refractivity contribution in [3.05, 3.63) is 77.1 Å². The Hall–Kier alpha value is -3.87. The van der Waals surface area contributed by atoms with Crippen LogP contribution in [0.5, 0.6) is 5.75 Å². The van der Waals surface area contributed by atoms with E-state index in [-0.39, 0.29) is 5.78 Å². The largest absolute Gasteiger partial charge is 0.488 e. The van der Waals surface area contributed by atoms with Crippen molar-refractivity contribution in [3.8, 4) is 28.3 Å². The van der Waals surface area contributed by atoms with Gasteiger partial charge in [-0.2, -0.15) is 5.21 Å². The number of hydrogen-bond acceptors (Lipinski definition) is 6. The first-order valence-corrected chi connectivity index (χ1v) is 9.57. The van der Waals surface area contributed by atoms with Crippen LogP contribution >= 0.6 is 0 Å². The van der Waals surface area contributed by atoms with Crippen LogP contribution in [0.4, 0.5) is 0 Å². The zero-order valence-electron chi connectivity index (χ0n) is 17.0. The molecule has 0 aliphatic rings. The normalized spacial score (nSPS) is 10.8. The molecule has 0 saturated carbocycles. The maximum atomic E-state index is 12.1. The van der Waals surface area contributed by atoms with Crippen LogP contribution in [-0.2, 0) is 6.61 Å². The van der Waals surface area contributed by atoms with Gasteiger partial charge in [0.05, 0.1) is 11.3 Å². The highest BCUT2D eigenvalue weighted by Gasteiger charge is 2.16. The number of H-pyrrole nitrogens is 1. The lowest BCUT2D eigenvalue weighted by molar-refractivity contribution is 0.101. The molecule has 7 heteroatoms. The van der Waals surface area contributed by atoms with Gasteiger partial charge in [-0.15, -0.1) is 10.2 Å². The fourth-order valence-electron chi connectivity index (χ4n) is 3.51. The van der Waals surface area contributed by atoms with Crippen LogP contribution in [0.25, 0.3) is 22.5 Å². The van der Waals surface area contributed by atoms with Gasteiger partial charge >= 0.3 is 0 Å². The number of nitrogens with zero attached hydrogens (tertiary/aromatic N) is 4. The van der Waals surface area contributed by atoms with E-state index < -0.39 is 0 Å². The number of pyridine rings is 1. The fourth-order valence-corrected chi connectivity index (χ4v) is 3.51. The van der Waals surface area contributed by atoms with Gasteiger partial charge in [0.15, 0.2) is 5.78 Å². The van der Waals surface area contributed by atoms with Crippen molar-refractivity contribution in [1.29, 1.82) is 0 Å². The van der Waals surface area contributed by atoms with Crippen LogP contribution in [0.2, 0.25) is 0 Å². The van der Waals surface area contributed by atoms with Crippen molar-refractivity contribution in [2.75, 3.05) is 0 Å². The van der Waals surface area contributed by atoms with Crippen molar-refractivity contribution in [3.63, 3.8) is 0 Å². The summed E-state index contributed by atoms with van der Waals surface area (Å²) in [4.78, 5) is 16.4. The number of tetrazole rings is 1. The number of aromatic nitrogens is 5. The second-order valence-electron chi connectivity index (χ2n) is 7.05. The molecule has 4 rings (SSSR count). The molecule has 30 heavy (non-hydrogen) atoms. The zero-order valence-corrected chi connectivity index (χ0v) is 17.0. The van der Waals surface area contributed by atoms with Crippen LogP contribution in [0.3, 0.4) is 0 Å². The predicted octanol–water partition coefficient (Wildman–Crippen LogP) is 4.33. The van der Waals surface area contributed by atoms with E-state index >= 15 is 0 Å². The Labute approximate surface area is 174 Å². The summed E-state index contributed by atoms with van der Waals surface area (Å²) in [5.74, 6) is 0.985. The minimum absolute atomic E-state index is 0.0677. The quantitative estimate of drug-likeness (QED) is 0.485. The number of rotatable bonds is 6. The van der Waals surface area contributed by atoms with E-state index in [0.717, 1.165) is 27.9 Å². The summed E-state index contributed by atoms with van der Waals surface area (Å²) in [7, 11) is 0. The summed E-state index contributed by atoms with van der Waals surface area (Å²) in [6, 6.07) is 17.8. The van der Waals surface area contributed by atoms with Gasteiger partial charge in [-0.1, -0.05) is 42.5 Å². The second-order valence-corrected chi connectivity index (χ2v) is 7.05. The van der Waals surface area contributed by atoms with Crippen molar-refractivity contribution < 1.29 is 9.53 Å². The number of ketones is 1. The van der Waals surface area contributed by atoms with Crippen molar-refractivity contribution in [2.24, 2.45) is 0 Å². The highest BCUT2D eigenvalue weighted by molar-refractivity contribution is 5.97. The van der Waals surface area contributed by atoms with E-state index in [0.29, 0.717) is 29.4 Å². The number of hydrogen-bond donors (Lipinski definition) is 1. The van der Waals surface area contributed by atoms with Gasteiger partial charge in [0.1, 0.15) is 12.4 Å².